The number of hydrogen-bond acceptors (Lipinski definition) is 3. The minimum absolute atomic E-state index is 0.197. The van der Waals surface area contributed by atoms with E-state index >= 15 is 0 Å². The Hall–Kier alpha value is -1.53. The number of methoxy groups -OCH3 is 1. The summed E-state index contributed by atoms with van der Waals surface area (Å²) < 4.78 is 44.5. The largest absolute Gasteiger partial charge is 0.496 e. The molecule has 0 bridgehead atoms. The van der Waals surface area contributed by atoms with Gasteiger partial charge in [0.15, 0.2) is 0 Å². The maximum atomic E-state index is 13.1. The fourth-order valence-corrected chi connectivity index (χ4v) is 3.11. The molecule has 1 aromatic carbocycles. The smallest absolute Gasteiger partial charge is 0.416 e. The molecule has 0 fully saturated rings. The molecular weight excluding hydrogens is 287 g/mol. The number of rotatable bonds is 4. The highest BCUT2D eigenvalue weighted by Gasteiger charge is 2.35. The van der Waals surface area contributed by atoms with Gasteiger partial charge < -0.3 is 10.1 Å². The highest BCUT2D eigenvalue weighted by atomic mass is 32.1. The summed E-state index contributed by atoms with van der Waals surface area (Å²) in [6.45, 7) is 0. The first-order valence-electron chi connectivity index (χ1n) is 5.93. The molecule has 0 aliphatic carbocycles. The number of alkyl halides is 3. The minimum Gasteiger partial charge on any atom is -0.496 e. The van der Waals surface area contributed by atoms with Gasteiger partial charge in [-0.25, -0.2) is 0 Å². The predicted molar refractivity (Wildman–Crippen MR) is 73.2 cm³/mol. The molecule has 0 aliphatic heterocycles. The van der Waals surface area contributed by atoms with Crippen molar-refractivity contribution in [2.24, 2.45) is 0 Å². The molecule has 0 spiro atoms. The zero-order valence-corrected chi connectivity index (χ0v) is 11.8. The lowest BCUT2D eigenvalue weighted by Crippen LogP contribution is -2.21. The Bertz CT molecular complexity index is 580. The minimum atomic E-state index is -4.38. The maximum absolute atomic E-state index is 13.1. The molecule has 1 atom stereocenters. The monoisotopic (exact) mass is 301 g/mol. The molecule has 2 rings (SSSR count). The van der Waals surface area contributed by atoms with Crippen molar-refractivity contribution in [3.05, 3.63) is 51.7 Å². The maximum Gasteiger partial charge on any atom is 0.416 e. The van der Waals surface area contributed by atoms with Crippen molar-refractivity contribution in [2.45, 2.75) is 12.2 Å². The van der Waals surface area contributed by atoms with Crippen molar-refractivity contribution < 1.29 is 17.9 Å². The van der Waals surface area contributed by atoms with Crippen LogP contribution in [-0.4, -0.2) is 14.2 Å². The summed E-state index contributed by atoms with van der Waals surface area (Å²) in [7, 11) is 3.14. The van der Waals surface area contributed by atoms with Gasteiger partial charge in [-0.3, -0.25) is 0 Å². The highest BCUT2D eigenvalue weighted by molar-refractivity contribution is 7.10. The predicted octanol–water partition coefficient (Wildman–Crippen LogP) is 4.08. The first kappa shape index (κ1) is 14.9. The lowest BCUT2D eigenvalue weighted by atomic mass is 9.98. The molecule has 0 amide bonds. The molecule has 1 N–H and O–H groups in total. The zero-order valence-electron chi connectivity index (χ0n) is 11.0. The van der Waals surface area contributed by atoms with E-state index in [0.717, 1.165) is 10.9 Å². The Balaban J connectivity index is 2.53. The van der Waals surface area contributed by atoms with E-state index in [1.807, 2.05) is 0 Å². The Morgan fingerprint density at radius 3 is 2.50 bits per heavy atom. The average molecular weight is 301 g/mol. The van der Waals surface area contributed by atoms with Crippen molar-refractivity contribution in [1.82, 2.24) is 5.32 Å². The van der Waals surface area contributed by atoms with Crippen LogP contribution in [0.2, 0.25) is 0 Å². The van der Waals surface area contributed by atoms with Gasteiger partial charge in [0.1, 0.15) is 5.75 Å². The quantitative estimate of drug-likeness (QED) is 0.918. The summed E-state index contributed by atoms with van der Waals surface area (Å²) in [5.41, 5.74) is -0.432. The molecule has 0 aliphatic rings. The fourth-order valence-electron chi connectivity index (χ4n) is 2.12. The molecule has 1 unspecified atom stereocenters. The van der Waals surface area contributed by atoms with Crippen LogP contribution >= 0.6 is 11.3 Å². The number of nitrogens with one attached hydrogen (secondary N) is 1. The van der Waals surface area contributed by atoms with Crippen molar-refractivity contribution in [1.29, 1.82) is 0 Å². The summed E-state index contributed by atoms with van der Waals surface area (Å²) in [5, 5.41) is 4.74. The van der Waals surface area contributed by atoms with Gasteiger partial charge in [0, 0.05) is 0 Å². The van der Waals surface area contributed by atoms with Crippen LogP contribution in [-0.2, 0) is 6.18 Å². The van der Waals surface area contributed by atoms with E-state index in [1.165, 1.54) is 30.6 Å². The first-order chi connectivity index (χ1) is 9.49. The van der Waals surface area contributed by atoms with Crippen molar-refractivity contribution in [2.75, 3.05) is 14.2 Å². The normalized spacial score (nSPS) is 13.2. The summed E-state index contributed by atoms with van der Waals surface area (Å²) in [6, 6.07) is 6.78. The van der Waals surface area contributed by atoms with Crippen LogP contribution in [0.5, 0.6) is 5.75 Å². The lowest BCUT2D eigenvalue weighted by Gasteiger charge is -2.21. The van der Waals surface area contributed by atoms with Gasteiger partial charge in [-0.1, -0.05) is 18.2 Å². The van der Waals surface area contributed by atoms with Crippen LogP contribution in [0, 0.1) is 0 Å². The molecule has 2 aromatic rings. The van der Waals surface area contributed by atoms with E-state index < -0.39 is 17.8 Å². The molecule has 6 heteroatoms. The van der Waals surface area contributed by atoms with Crippen LogP contribution in [0.15, 0.2) is 35.7 Å². The molecule has 108 valence electrons. The summed E-state index contributed by atoms with van der Waals surface area (Å²) in [6.07, 6.45) is -4.38. The Morgan fingerprint density at radius 2 is 1.90 bits per heavy atom. The van der Waals surface area contributed by atoms with E-state index in [1.54, 1.807) is 24.6 Å². The third kappa shape index (κ3) is 2.81. The molecule has 0 saturated heterocycles. The second kappa shape index (κ2) is 5.85. The van der Waals surface area contributed by atoms with Gasteiger partial charge >= 0.3 is 6.18 Å². The average Bonchev–Trinajstić information content (AvgIpc) is 2.87. The van der Waals surface area contributed by atoms with E-state index in [9.17, 15) is 13.2 Å². The van der Waals surface area contributed by atoms with Gasteiger partial charge in [0.05, 0.1) is 23.6 Å². The standard InChI is InChI=1S/C14H14F3NOS/c1-18-12(13-11(19-2)7-8-20-13)9-5-3-4-6-10(9)14(15,16)17/h3-8,12,18H,1-2H3. The molecule has 1 aromatic heterocycles. The second-order valence-corrected chi connectivity index (χ2v) is 5.11. The lowest BCUT2D eigenvalue weighted by molar-refractivity contribution is -0.138. The Kier molecular flexibility index (Phi) is 4.35. The fraction of sp³-hybridized carbons (Fsp3) is 0.286. The molecule has 20 heavy (non-hydrogen) atoms. The molecule has 0 saturated carbocycles. The van der Waals surface area contributed by atoms with Crippen molar-refractivity contribution in [3.8, 4) is 5.75 Å². The Morgan fingerprint density at radius 1 is 1.20 bits per heavy atom. The molecule has 0 radical (unpaired) electrons. The summed E-state index contributed by atoms with van der Waals surface area (Å²) in [5.74, 6) is 0.589. The second-order valence-electron chi connectivity index (χ2n) is 4.16. The van der Waals surface area contributed by atoms with E-state index in [0.29, 0.717) is 5.75 Å². The van der Waals surface area contributed by atoms with Gasteiger partial charge in [-0.05, 0) is 30.1 Å². The van der Waals surface area contributed by atoms with Crippen LogP contribution < -0.4 is 10.1 Å². The van der Waals surface area contributed by atoms with E-state index in [2.05, 4.69) is 5.32 Å². The third-order valence-electron chi connectivity index (χ3n) is 3.01. The Labute approximate surface area is 119 Å². The topological polar surface area (TPSA) is 21.3 Å². The van der Waals surface area contributed by atoms with E-state index in [4.69, 9.17) is 4.74 Å². The van der Waals surface area contributed by atoms with Crippen LogP contribution in [0.3, 0.4) is 0 Å². The van der Waals surface area contributed by atoms with Gasteiger partial charge in [0.2, 0.25) is 0 Å². The van der Waals surface area contributed by atoms with Crippen molar-refractivity contribution in [3.63, 3.8) is 0 Å². The zero-order chi connectivity index (χ0) is 14.8. The van der Waals surface area contributed by atoms with E-state index in [-0.39, 0.29) is 5.56 Å². The number of halogens is 3. The van der Waals surface area contributed by atoms with Gasteiger partial charge in [-0.2, -0.15) is 13.2 Å². The molecule has 1 heterocycles. The number of benzene rings is 1. The highest BCUT2D eigenvalue weighted by Crippen LogP contribution is 2.40. The number of thiophene rings is 1. The summed E-state index contributed by atoms with van der Waals surface area (Å²) >= 11 is 1.37. The molecular formula is C14H14F3NOS. The van der Waals surface area contributed by atoms with Crippen LogP contribution in [0.4, 0.5) is 13.2 Å². The van der Waals surface area contributed by atoms with Crippen LogP contribution in [0.25, 0.3) is 0 Å². The van der Waals surface area contributed by atoms with Crippen molar-refractivity contribution >= 4 is 11.3 Å². The van der Waals surface area contributed by atoms with Gasteiger partial charge in [-0.15, -0.1) is 11.3 Å². The van der Waals surface area contributed by atoms with Gasteiger partial charge in [0.25, 0.3) is 0 Å². The number of ether oxygens (including phenoxy) is 1. The summed E-state index contributed by atoms with van der Waals surface area (Å²) in [4.78, 5) is 0.728. The van der Waals surface area contributed by atoms with Crippen LogP contribution in [0.1, 0.15) is 22.0 Å². The number of hydrogen-bond donors (Lipinski definition) is 1. The third-order valence-corrected chi connectivity index (χ3v) is 3.97. The molecule has 2 nitrogen and oxygen atoms in total. The first-order valence-corrected chi connectivity index (χ1v) is 6.81. The SMILES string of the molecule is CNC(c1ccccc1C(F)(F)F)c1sccc1OC.